The van der Waals surface area contributed by atoms with Crippen LogP contribution in [-0.4, -0.2) is 24.5 Å². The largest absolute Gasteiger partial charge is 0.392 e. The van der Waals surface area contributed by atoms with E-state index in [9.17, 15) is 9.59 Å². The van der Waals surface area contributed by atoms with E-state index in [1.807, 2.05) is 0 Å². The summed E-state index contributed by atoms with van der Waals surface area (Å²) < 4.78 is 4.83. The number of unbranched alkanes of at least 4 members (excludes halogenated alkanes) is 15. The van der Waals surface area contributed by atoms with E-state index in [1.54, 1.807) is 0 Å². The lowest BCUT2D eigenvalue weighted by Gasteiger charge is -2.09. The number of rotatable bonds is 21. The van der Waals surface area contributed by atoms with Gasteiger partial charge in [0.05, 0.1) is 0 Å². The van der Waals surface area contributed by atoms with E-state index < -0.39 is 18.0 Å². The third kappa shape index (κ3) is 20.1. The molecule has 0 unspecified atom stereocenters. The quantitative estimate of drug-likeness (QED) is 0.142. The Hall–Kier alpha value is -0.940. The Morgan fingerprint density at radius 2 is 1.14 bits per heavy atom. The zero-order valence-electron chi connectivity index (χ0n) is 19.1. The van der Waals surface area contributed by atoms with Crippen LogP contribution in [0.1, 0.15) is 129 Å². The van der Waals surface area contributed by atoms with E-state index >= 15 is 0 Å². The van der Waals surface area contributed by atoms with Gasteiger partial charge in [-0.15, -0.1) is 0 Å². The van der Waals surface area contributed by atoms with Gasteiger partial charge in [-0.2, -0.15) is 0 Å². The number of nitrogens with two attached hydrogens (primary N) is 2. The third-order valence-electron chi connectivity index (χ3n) is 5.47. The van der Waals surface area contributed by atoms with Crippen LogP contribution in [0, 0.1) is 0 Å². The number of hydrogen-bond donors (Lipinski definition) is 2. The fourth-order valence-corrected chi connectivity index (χ4v) is 3.51. The highest BCUT2D eigenvalue weighted by Gasteiger charge is 2.18. The summed E-state index contributed by atoms with van der Waals surface area (Å²) in [5.41, 5.74) is 11.1. The Morgan fingerprint density at radius 3 is 1.59 bits per heavy atom. The summed E-state index contributed by atoms with van der Waals surface area (Å²) in [6, 6.07) is -0.716. The Balaban J connectivity index is 3.35. The minimum absolute atomic E-state index is 0.305. The molecule has 0 aliphatic carbocycles. The Labute approximate surface area is 179 Å². The minimum atomic E-state index is -0.716. The van der Waals surface area contributed by atoms with Crippen molar-refractivity contribution in [2.24, 2.45) is 11.5 Å². The van der Waals surface area contributed by atoms with Crippen molar-refractivity contribution in [2.75, 3.05) is 6.54 Å². The van der Waals surface area contributed by atoms with Crippen LogP contribution >= 0.6 is 0 Å². The van der Waals surface area contributed by atoms with Gasteiger partial charge in [-0.05, 0) is 25.8 Å². The highest BCUT2D eigenvalue weighted by molar-refractivity contribution is 5.88. The molecule has 0 aliphatic rings. The lowest BCUT2D eigenvalue weighted by molar-refractivity contribution is -0.160. The molecule has 0 rings (SSSR count). The maximum atomic E-state index is 11.7. The van der Waals surface area contributed by atoms with Crippen LogP contribution in [0.5, 0.6) is 0 Å². The lowest BCUT2D eigenvalue weighted by Crippen LogP contribution is -2.33. The van der Waals surface area contributed by atoms with E-state index in [-0.39, 0.29) is 0 Å². The molecule has 1 atom stereocenters. The molecular formula is C24H48N2O3. The van der Waals surface area contributed by atoms with Crippen molar-refractivity contribution in [3.05, 3.63) is 0 Å². The predicted molar refractivity (Wildman–Crippen MR) is 122 cm³/mol. The second kappa shape index (κ2) is 21.8. The van der Waals surface area contributed by atoms with Crippen LogP contribution in [0.3, 0.4) is 0 Å². The van der Waals surface area contributed by atoms with Crippen molar-refractivity contribution >= 4 is 11.9 Å². The van der Waals surface area contributed by atoms with Gasteiger partial charge in [-0.25, -0.2) is 4.79 Å². The van der Waals surface area contributed by atoms with Gasteiger partial charge in [0.2, 0.25) is 0 Å². The van der Waals surface area contributed by atoms with E-state index in [0.29, 0.717) is 19.4 Å². The fraction of sp³-hybridized carbons (Fsp3) is 0.917. The van der Waals surface area contributed by atoms with Gasteiger partial charge in [0.25, 0.3) is 0 Å². The summed E-state index contributed by atoms with van der Waals surface area (Å²) in [5.74, 6) is -1.05. The Kier molecular flexibility index (Phi) is 21.1. The molecule has 0 aromatic carbocycles. The maximum Gasteiger partial charge on any atom is 0.330 e. The number of hydrogen-bond acceptors (Lipinski definition) is 5. The smallest absolute Gasteiger partial charge is 0.330 e. The van der Waals surface area contributed by atoms with Crippen LogP contribution in [0.4, 0.5) is 0 Å². The van der Waals surface area contributed by atoms with Crippen molar-refractivity contribution < 1.29 is 14.3 Å². The van der Waals surface area contributed by atoms with Crippen LogP contribution in [0.2, 0.25) is 0 Å². The van der Waals surface area contributed by atoms with Crippen LogP contribution in [-0.2, 0) is 14.3 Å². The Bertz CT molecular complexity index is 388. The molecule has 5 heteroatoms. The first-order valence-electron chi connectivity index (χ1n) is 12.3. The van der Waals surface area contributed by atoms with Gasteiger partial charge in [-0.1, -0.05) is 103 Å². The van der Waals surface area contributed by atoms with Crippen molar-refractivity contribution in [3.63, 3.8) is 0 Å². The van der Waals surface area contributed by atoms with Crippen molar-refractivity contribution in [1.29, 1.82) is 0 Å². The number of ether oxygens (including phenoxy) is 1. The topological polar surface area (TPSA) is 95.4 Å². The SMILES string of the molecule is CCCCCCCCCCCCCCCCCC(=O)OC(=O)[C@@H](N)CCCCN. The molecule has 0 amide bonds. The van der Waals surface area contributed by atoms with Gasteiger partial charge < -0.3 is 16.2 Å². The van der Waals surface area contributed by atoms with Crippen molar-refractivity contribution in [3.8, 4) is 0 Å². The van der Waals surface area contributed by atoms with E-state index in [1.165, 1.54) is 77.0 Å². The summed E-state index contributed by atoms with van der Waals surface area (Å²) in [6.45, 7) is 2.85. The molecule has 4 N–H and O–H groups in total. The summed E-state index contributed by atoms with van der Waals surface area (Å²) in [6.07, 6.45) is 21.7. The molecule has 5 nitrogen and oxygen atoms in total. The summed E-state index contributed by atoms with van der Waals surface area (Å²) in [7, 11) is 0. The third-order valence-corrected chi connectivity index (χ3v) is 5.47. The first kappa shape index (κ1) is 28.1. The summed E-state index contributed by atoms with van der Waals surface area (Å²) >= 11 is 0. The van der Waals surface area contributed by atoms with E-state index in [4.69, 9.17) is 16.2 Å². The molecular weight excluding hydrogens is 364 g/mol. The van der Waals surface area contributed by atoms with Gasteiger partial charge in [0.1, 0.15) is 6.04 Å². The second-order valence-corrected chi connectivity index (χ2v) is 8.38. The van der Waals surface area contributed by atoms with Gasteiger partial charge in [-0.3, -0.25) is 4.79 Å². The predicted octanol–water partition coefficient (Wildman–Crippen LogP) is 5.77. The van der Waals surface area contributed by atoms with E-state index in [0.717, 1.165) is 32.1 Å². The maximum absolute atomic E-state index is 11.7. The molecule has 0 heterocycles. The molecule has 29 heavy (non-hydrogen) atoms. The highest BCUT2D eigenvalue weighted by atomic mass is 16.6. The zero-order chi connectivity index (χ0) is 21.6. The van der Waals surface area contributed by atoms with Crippen molar-refractivity contribution in [2.45, 2.75) is 135 Å². The first-order chi connectivity index (χ1) is 14.1. The molecule has 0 aromatic rings. The summed E-state index contributed by atoms with van der Waals surface area (Å²) in [5, 5.41) is 0. The summed E-state index contributed by atoms with van der Waals surface area (Å²) in [4.78, 5) is 23.4. The van der Waals surface area contributed by atoms with Gasteiger partial charge in [0, 0.05) is 6.42 Å². The number of carbonyl (C=O) groups excluding carboxylic acids is 2. The Morgan fingerprint density at radius 1 is 0.690 bits per heavy atom. The molecule has 0 saturated carbocycles. The molecule has 0 radical (unpaired) electrons. The number of carbonyl (C=O) groups is 2. The molecule has 0 saturated heterocycles. The fourth-order valence-electron chi connectivity index (χ4n) is 3.51. The molecule has 0 fully saturated rings. The normalized spacial score (nSPS) is 12.1. The van der Waals surface area contributed by atoms with Gasteiger partial charge >= 0.3 is 11.9 Å². The standard InChI is InChI=1S/C24H48N2O3/c1-2-3-4-5-6-7-8-9-10-11-12-13-14-15-16-20-23(27)29-24(28)22(26)19-17-18-21-25/h22H,2-21,25-26H2,1H3/t22-/m0/s1. The first-order valence-corrected chi connectivity index (χ1v) is 12.3. The molecule has 0 spiro atoms. The second-order valence-electron chi connectivity index (χ2n) is 8.38. The van der Waals surface area contributed by atoms with Gasteiger partial charge in [0.15, 0.2) is 0 Å². The molecule has 0 bridgehead atoms. The van der Waals surface area contributed by atoms with Crippen molar-refractivity contribution in [1.82, 2.24) is 0 Å². The van der Waals surface area contributed by atoms with Crippen LogP contribution in [0.25, 0.3) is 0 Å². The van der Waals surface area contributed by atoms with Crippen LogP contribution < -0.4 is 11.5 Å². The average molecular weight is 413 g/mol. The molecule has 0 aliphatic heterocycles. The zero-order valence-corrected chi connectivity index (χ0v) is 19.1. The lowest BCUT2D eigenvalue weighted by atomic mass is 10.0. The van der Waals surface area contributed by atoms with E-state index in [2.05, 4.69) is 6.92 Å². The highest BCUT2D eigenvalue weighted by Crippen LogP contribution is 2.14. The molecule has 0 aromatic heterocycles. The monoisotopic (exact) mass is 412 g/mol. The molecule has 172 valence electrons. The number of esters is 2. The minimum Gasteiger partial charge on any atom is -0.392 e. The van der Waals surface area contributed by atoms with Crippen LogP contribution in [0.15, 0.2) is 0 Å². The average Bonchev–Trinajstić information content (AvgIpc) is 2.70.